The fraction of sp³-hybridized carbons (Fsp3) is 0.182. The second kappa shape index (κ2) is 10.3. The SMILES string of the molecule is C=CCN=c1scc(-c2cc(OC)c(OC)c(OC)c2)n1N=Cc1c(F)cccc1Cl. The molecule has 3 rings (SSSR count). The van der Waals surface area contributed by atoms with Gasteiger partial charge in [0, 0.05) is 16.5 Å². The Bertz CT molecular complexity index is 1140. The molecule has 0 amide bonds. The largest absolute Gasteiger partial charge is 0.493 e. The zero-order valence-corrected chi connectivity index (χ0v) is 18.8. The minimum absolute atomic E-state index is 0.188. The number of rotatable bonds is 8. The van der Waals surface area contributed by atoms with Gasteiger partial charge in [0.1, 0.15) is 5.82 Å². The number of hydrogen-bond donors (Lipinski definition) is 0. The third-order valence-corrected chi connectivity index (χ3v) is 5.49. The minimum Gasteiger partial charge on any atom is -0.493 e. The van der Waals surface area contributed by atoms with Crippen LogP contribution in [0.1, 0.15) is 5.56 Å². The summed E-state index contributed by atoms with van der Waals surface area (Å²) in [4.78, 5) is 5.09. The van der Waals surface area contributed by atoms with Crippen molar-refractivity contribution in [3.05, 3.63) is 69.6 Å². The van der Waals surface area contributed by atoms with Crippen molar-refractivity contribution in [3.8, 4) is 28.5 Å². The van der Waals surface area contributed by atoms with Gasteiger partial charge in [-0.1, -0.05) is 23.7 Å². The van der Waals surface area contributed by atoms with Crippen molar-refractivity contribution in [2.75, 3.05) is 27.9 Å². The number of hydrogen-bond acceptors (Lipinski definition) is 6. The summed E-state index contributed by atoms with van der Waals surface area (Å²) in [5, 5.41) is 6.63. The van der Waals surface area contributed by atoms with Crippen LogP contribution < -0.4 is 19.0 Å². The first-order chi connectivity index (χ1) is 15.0. The normalized spacial score (nSPS) is 11.7. The molecule has 0 aliphatic heterocycles. The molecule has 0 fully saturated rings. The van der Waals surface area contributed by atoms with Crippen molar-refractivity contribution in [1.82, 2.24) is 4.68 Å². The number of ether oxygens (including phenoxy) is 3. The van der Waals surface area contributed by atoms with Crippen molar-refractivity contribution < 1.29 is 18.6 Å². The van der Waals surface area contributed by atoms with Crippen LogP contribution >= 0.6 is 22.9 Å². The van der Waals surface area contributed by atoms with Crippen LogP contribution in [0.15, 0.2) is 58.5 Å². The second-order valence-corrected chi connectivity index (χ2v) is 7.38. The van der Waals surface area contributed by atoms with Crippen molar-refractivity contribution in [3.63, 3.8) is 0 Å². The molecule has 0 unspecified atom stereocenters. The molecule has 162 valence electrons. The number of benzene rings is 2. The molecule has 0 saturated carbocycles. The Hall–Kier alpha value is -3.10. The van der Waals surface area contributed by atoms with Gasteiger partial charge < -0.3 is 14.2 Å². The number of aromatic nitrogens is 1. The van der Waals surface area contributed by atoms with Gasteiger partial charge in [-0.3, -0.25) is 4.99 Å². The Morgan fingerprint density at radius 2 is 1.87 bits per heavy atom. The summed E-state index contributed by atoms with van der Waals surface area (Å²) in [5.41, 5.74) is 1.65. The summed E-state index contributed by atoms with van der Waals surface area (Å²) in [6.45, 7) is 4.11. The van der Waals surface area contributed by atoms with E-state index in [1.165, 1.54) is 23.6 Å². The van der Waals surface area contributed by atoms with E-state index in [0.29, 0.717) is 34.3 Å². The lowest BCUT2D eigenvalue weighted by Crippen LogP contribution is -2.13. The highest BCUT2D eigenvalue weighted by Crippen LogP contribution is 2.41. The molecular formula is C22H21ClFN3O3S. The predicted molar refractivity (Wildman–Crippen MR) is 122 cm³/mol. The van der Waals surface area contributed by atoms with Crippen LogP contribution in [0.25, 0.3) is 11.3 Å². The highest BCUT2D eigenvalue weighted by Gasteiger charge is 2.17. The first-order valence-corrected chi connectivity index (χ1v) is 10.4. The van der Waals surface area contributed by atoms with Crippen LogP contribution in [0.5, 0.6) is 17.2 Å². The van der Waals surface area contributed by atoms with Crippen LogP contribution in [0.2, 0.25) is 5.02 Å². The second-order valence-electron chi connectivity index (χ2n) is 6.14. The van der Waals surface area contributed by atoms with E-state index < -0.39 is 5.82 Å². The van der Waals surface area contributed by atoms with E-state index in [-0.39, 0.29) is 10.6 Å². The topological polar surface area (TPSA) is 57.3 Å². The van der Waals surface area contributed by atoms with Gasteiger partial charge in [0.25, 0.3) is 0 Å². The van der Waals surface area contributed by atoms with Gasteiger partial charge in [-0.25, -0.2) is 9.07 Å². The highest BCUT2D eigenvalue weighted by molar-refractivity contribution is 7.07. The number of halogens is 2. The summed E-state index contributed by atoms with van der Waals surface area (Å²) in [5.74, 6) is 1.01. The van der Waals surface area contributed by atoms with Crippen LogP contribution in [0, 0.1) is 5.82 Å². The molecule has 0 bridgehead atoms. The Labute approximate surface area is 188 Å². The molecule has 0 aliphatic carbocycles. The number of thiazole rings is 1. The van der Waals surface area contributed by atoms with Crippen molar-refractivity contribution in [2.45, 2.75) is 0 Å². The van der Waals surface area contributed by atoms with Crippen LogP contribution in [-0.2, 0) is 0 Å². The third-order valence-electron chi connectivity index (χ3n) is 4.30. The lowest BCUT2D eigenvalue weighted by atomic mass is 10.1. The summed E-state index contributed by atoms with van der Waals surface area (Å²) in [6.07, 6.45) is 3.05. The molecule has 3 aromatic rings. The number of nitrogens with zero attached hydrogens (tertiary/aromatic N) is 3. The van der Waals surface area contributed by atoms with Crippen LogP contribution in [0.4, 0.5) is 4.39 Å². The van der Waals surface area contributed by atoms with Crippen LogP contribution in [-0.4, -0.2) is 38.8 Å². The molecule has 0 spiro atoms. The van der Waals surface area contributed by atoms with Gasteiger partial charge in [-0.2, -0.15) is 5.10 Å². The van der Waals surface area contributed by atoms with Crippen molar-refractivity contribution >= 4 is 29.2 Å². The Kier molecular flexibility index (Phi) is 7.49. The molecule has 0 aliphatic rings. The maximum atomic E-state index is 14.2. The van der Waals surface area contributed by atoms with Gasteiger partial charge >= 0.3 is 0 Å². The van der Waals surface area contributed by atoms with Gasteiger partial charge in [0.2, 0.25) is 10.6 Å². The maximum absolute atomic E-state index is 14.2. The van der Waals surface area contributed by atoms with Crippen LogP contribution in [0.3, 0.4) is 0 Å². The third kappa shape index (κ3) is 4.81. The standard InChI is InChI=1S/C22H21ClFN3O3S/c1-5-9-25-22-27(26-12-15-16(23)7-6-8-17(15)24)18(13-31-22)14-10-19(28-2)21(30-4)20(11-14)29-3/h5-8,10-13H,1,9H2,2-4H3. The molecule has 2 aromatic carbocycles. The van der Waals surface area contributed by atoms with Crippen molar-refractivity contribution in [1.29, 1.82) is 0 Å². The number of methoxy groups -OCH3 is 3. The molecule has 6 nitrogen and oxygen atoms in total. The van der Waals surface area contributed by atoms with Gasteiger partial charge in [-0.15, -0.1) is 17.9 Å². The molecule has 9 heteroatoms. The Balaban J connectivity index is 2.20. The van der Waals surface area contributed by atoms with E-state index >= 15 is 0 Å². The van der Waals surface area contributed by atoms with E-state index in [0.717, 1.165) is 5.56 Å². The maximum Gasteiger partial charge on any atom is 0.206 e. The zero-order chi connectivity index (χ0) is 22.4. The smallest absolute Gasteiger partial charge is 0.206 e. The molecule has 31 heavy (non-hydrogen) atoms. The monoisotopic (exact) mass is 461 g/mol. The summed E-state index contributed by atoms with van der Waals surface area (Å²) >= 11 is 7.53. The lowest BCUT2D eigenvalue weighted by molar-refractivity contribution is 0.324. The zero-order valence-electron chi connectivity index (χ0n) is 17.3. The molecule has 1 aromatic heterocycles. The first-order valence-electron chi connectivity index (χ1n) is 9.14. The van der Waals surface area contributed by atoms with E-state index in [1.54, 1.807) is 44.2 Å². The lowest BCUT2D eigenvalue weighted by Gasteiger charge is -2.14. The van der Waals surface area contributed by atoms with Crippen molar-refractivity contribution in [2.24, 2.45) is 10.1 Å². The molecule has 0 saturated heterocycles. The van der Waals surface area contributed by atoms with Gasteiger partial charge in [-0.05, 0) is 24.3 Å². The van der Waals surface area contributed by atoms with Gasteiger partial charge in [0.15, 0.2) is 11.5 Å². The summed E-state index contributed by atoms with van der Waals surface area (Å²) < 4.78 is 32.1. The predicted octanol–water partition coefficient (Wildman–Crippen LogP) is 5.00. The van der Waals surface area contributed by atoms with E-state index in [2.05, 4.69) is 16.7 Å². The molecular weight excluding hydrogens is 441 g/mol. The first kappa shape index (κ1) is 22.6. The fourth-order valence-corrected chi connectivity index (χ4v) is 3.90. The Morgan fingerprint density at radius 1 is 1.16 bits per heavy atom. The van der Waals surface area contributed by atoms with E-state index in [1.807, 2.05) is 17.5 Å². The van der Waals surface area contributed by atoms with E-state index in [4.69, 9.17) is 25.8 Å². The molecule has 0 N–H and O–H groups in total. The molecule has 1 heterocycles. The minimum atomic E-state index is -0.467. The Morgan fingerprint density at radius 3 is 2.45 bits per heavy atom. The van der Waals surface area contributed by atoms with Gasteiger partial charge in [0.05, 0.1) is 44.8 Å². The summed E-state index contributed by atoms with van der Waals surface area (Å²) in [6, 6.07) is 8.09. The summed E-state index contributed by atoms with van der Waals surface area (Å²) in [7, 11) is 4.64. The van der Waals surface area contributed by atoms with E-state index in [9.17, 15) is 4.39 Å². The average Bonchev–Trinajstić information content (AvgIpc) is 3.18. The molecule has 0 atom stereocenters. The average molecular weight is 462 g/mol. The fourth-order valence-electron chi connectivity index (χ4n) is 2.84. The quantitative estimate of drug-likeness (QED) is 0.350. The highest BCUT2D eigenvalue weighted by atomic mass is 35.5. The molecule has 0 radical (unpaired) electrons.